The van der Waals surface area contributed by atoms with Gasteiger partial charge in [-0.3, -0.25) is 4.98 Å². The van der Waals surface area contributed by atoms with Crippen molar-refractivity contribution in [3.63, 3.8) is 0 Å². The summed E-state index contributed by atoms with van der Waals surface area (Å²) >= 11 is 1.60. The number of pyridine rings is 1. The number of nitrogens with one attached hydrogen (secondary N) is 1. The zero-order chi connectivity index (χ0) is 12.9. The number of aliphatic hydroxyl groups is 1. The third kappa shape index (κ3) is 5.02. The minimum atomic E-state index is -0.742. The number of thioether (sulfide) groups is 1. The van der Waals surface area contributed by atoms with E-state index < -0.39 is 5.60 Å². The molecule has 0 spiro atoms. The topological polar surface area (TPSA) is 45.1 Å². The van der Waals surface area contributed by atoms with Crippen molar-refractivity contribution in [2.24, 2.45) is 0 Å². The molecule has 0 radical (unpaired) electrons. The summed E-state index contributed by atoms with van der Waals surface area (Å²) in [4.78, 5) is 4.00. The van der Waals surface area contributed by atoms with Crippen molar-refractivity contribution in [3.8, 4) is 0 Å². The first kappa shape index (κ1) is 14.4. The fourth-order valence-corrected chi connectivity index (χ4v) is 2.21. The summed E-state index contributed by atoms with van der Waals surface area (Å²) in [6.07, 6.45) is 3.16. The first-order valence-corrected chi connectivity index (χ1v) is 6.90. The van der Waals surface area contributed by atoms with Gasteiger partial charge in [0, 0.05) is 18.3 Å². The van der Waals surface area contributed by atoms with Gasteiger partial charge in [-0.2, -0.15) is 11.8 Å². The lowest BCUT2D eigenvalue weighted by Gasteiger charge is -2.25. The second-order valence-electron chi connectivity index (χ2n) is 4.43. The van der Waals surface area contributed by atoms with Crippen LogP contribution < -0.4 is 5.32 Å². The van der Waals surface area contributed by atoms with E-state index in [-0.39, 0.29) is 11.9 Å². The molecule has 0 aliphatic carbocycles. The molecule has 96 valence electrons. The Hall–Kier alpha value is -0.650. The third-order valence-electron chi connectivity index (χ3n) is 2.44. The van der Waals surface area contributed by atoms with Gasteiger partial charge < -0.3 is 10.4 Å². The van der Waals surface area contributed by atoms with Crippen molar-refractivity contribution in [3.05, 3.63) is 29.8 Å². The first-order chi connectivity index (χ1) is 7.94. The summed E-state index contributed by atoms with van der Waals surface area (Å²) in [6, 6.07) is 3.03. The Bertz CT molecular complexity index is 343. The van der Waals surface area contributed by atoms with Crippen LogP contribution >= 0.6 is 11.8 Å². The highest BCUT2D eigenvalue weighted by molar-refractivity contribution is 7.98. The van der Waals surface area contributed by atoms with Gasteiger partial charge in [-0.1, -0.05) is 0 Å². The van der Waals surface area contributed by atoms with Gasteiger partial charge in [0.05, 0.1) is 17.5 Å². The van der Waals surface area contributed by atoms with Gasteiger partial charge in [0.2, 0.25) is 0 Å². The second-order valence-corrected chi connectivity index (χ2v) is 5.30. The first-order valence-electron chi connectivity index (χ1n) is 5.51. The van der Waals surface area contributed by atoms with E-state index >= 15 is 0 Å². The van der Waals surface area contributed by atoms with Gasteiger partial charge in [-0.05, 0) is 32.2 Å². The summed E-state index contributed by atoms with van der Waals surface area (Å²) in [5.41, 5.74) is 0.0274. The molecule has 5 heteroatoms. The van der Waals surface area contributed by atoms with Crippen LogP contribution in [0.25, 0.3) is 0 Å². The summed E-state index contributed by atoms with van der Waals surface area (Å²) in [6.45, 7) is 4.21. The van der Waals surface area contributed by atoms with Crippen molar-refractivity contribution < 1.29 is 9.50 Å². The minimum absolute atomic E-state index is 0.0102. The molecule has 17 heavy (non-hydrogen) atoms. The van der Waals surface area contributed by atoms with Crippen LogP contribution in [0.5, 0.6) is 0 Å². The smallest absolute Gasteiger partial charge is 0.141 e. The fourth-order valence-electron chi connectivity index (χ4n) is 1.48. The quantitative estimate of drug-likeness (QED) is 0.819. The predicted octanol–water partition coefficient (Wildman–Crippen LogP) is 1.99. The van der Waals surface area contributed by atoms with Crippen molar-refractivity contribution in [1.82, 2.24) is 10.3 Å². The zero-order valence-corrected chi connectivity index (χ0v) is 11.2. The number of hydrogen-bond acceptors (Lipinski definition) is 4. The van der Waals surface area contributed by atoms with E-state index in [0.717, 1.165) is 5.69 Å². The predicted molar refractivity (Wildman–Crippen MR) is 69.6 cm³/mol. The van der Waals surface area contributed by atoms with Gasteiger partial charge in [0.15, 0.2) is 0 Å². The molecule has 0 saturated heterocycles. The molecule has 1 aromatic heterocycles. The van der Waals surface area contributed by atoms with E-state index in [0.29, 0.717) is 12.3 Å². The molecule has 1 heterocycles. The number of rotatable bonds is 6. The number of nitrogens with zero attached hydrogens (tertiary/aromatic N) is 1. The Labute approximate surface area is 106 Å². The average Bonchev–Trinajstić information content (AvgIpc) is 2.27. The molecular weight excluding hydrogens is 239 g/mol. The lowest BCUT2D eigenvalue weighted by molar-refractivity contribution is 0.0819. The van der Waals surface area contributed by atoms with Crippen LogP contribution in [-0.2, 0) is 0 Å². The Balaban J connectivity index is 2.49. The van der Waals surface area contributed by atoms with Gasteiger partial charge in [-0.15, -0.1) is 0 Å². The molecule has 0 amide bonds. The molecule has 0 bridgehead atoms. The molecule has 2 N–H and O–H groups in total. The third-order valence-corrected chi connectivity index (χ3v) is 3.35. The molecule has 0 aromatic carbocycles. The Morgan fingerprint density at radius 3 is 2.82 bits per heavy atom. The highest BCUT2D eigenvalue weighted by Gasteiger charge is 2.20. The van der Waals surface area contributed by atoms with Crippen LogP contribution in [0.3, 0.4) is 0 Å². The maximum atomic E-state index is 12.7. The lowest BCUT2D eigenvalue weighted by atomic mass is 10.1. The van der Waals surface area contributed by atoms with Crippen molar-refractivity contribution in [1.29, 1.82) is 0 Å². The monoisotopic (exact) mass is 258 g/mol. The normalized spacial score (nSPS) is 16.5. The Morgan fingerprint density at radius 1 is 1.59 bits per heavy atom. The van der Waals surface area contributed by atoms with Crippen LogP contribution in [0.4, 0.5) is 4.39 Å². The van der Waals surface area contributed by atoms with E-state index in [2.05, 4.69) is 10.3 Å². The molecule has 3 nitrogen and oxygen atoms in total. The Morgan fingerprint density at radius 2 is 2.29 bits per heavy atom. The molecule has 0 aliphatic heterocycles. The summed E-state index contributed by atoms with van der Waals surface area (Å²) in [7, 11) is 0. The van der Waals surface area contributed by atoms with Crippen LogP contribution in [0, 0.1) is 5.82 Å². The number of aromatic nitrogens is 1. The summed E-state index contributed by atoms with van der Waals surface area (Å²) < 4.78 is 12.7. The van der Waals surface area contributed by atoms with E-state index in [1.165, 1.54) is 12.3 Å². The van der Waals surface area contributed by atoms with Crippen LogP contribution in [-0.4, -0.2) is 34.2 Å². The highest BCUT2D eigenvalue weighted by Crippen LogP contribution is 2.13. The van der Waals surface area contributed by atoms with Crippen LogP contribution in [0.1, 0.15) is 25.6 Å². The van der Waals surface area contributed by atoms with Gasteiger partial charge in [-0.25, -0.2) is 4.39 Å². The molecule has 1 rings (SSSR count). The van der Waals surface area contributed by atoms with Gasteiger partial charge in [0.25, 0.3) is 0 Å². The molecule has 0 saturated carbocycles. The largest absolute Gasteiger partial charge is 0.388 e. The SMILES string of the molecule is CSCC(C)(O)CNC(C)c1ccc(F)cn1. The van der Waals surface area contributed by atoms with Crippen molar-refractivity contribution >= 4 is 11.8 Å². The van der Waals surface area contributed by atoms with Crippen LogP contribution in [0.15, 0.2) is 18.3 Å². The van der Waals surface area contributed by atoms with Crippen molar-refractivity contribution in [2.75, 3.05) is 18.6 Å². The lowest BCUT2D eigenvalue weighted by Crippen LogP contribution is -2.41. The molecule has 2 unspecified atom stereocenters. The summed E-state index contributed by atoms with van der Waals surface area (Å²) in [5, 5.41) is 13.2. The van der Waals surface area contributed by atoms with Gasteiger partial charge >= 0.3 is 0 Å². The van der Waals surface area contributed by atoms with Crippen LogP contribution in [0.2, 0.25) is 0 Å². The molecule has 2 atom stereocenters. The minimum Gasteiger partial charge on any atom is -0.388 e. The number of hydrogen-bond donors (Lipinski definition) is 2. The highest BCUT2D eigenvalue weighted by atomic mass is 32.2. The van der Waals surface area contributed by atoms with E-state index in [1.54, 1.807) is 24.8 Å². The van der Waals surface area contributed by atoms with E-state index in [9.17, 15) is 9.50 Å². The zero-order valence-electron chi connectivity index (χ0n) is 10.4. The van der Waals surface area contributed by atoms with Crippen molar-refractivity contribution in [2.45, 2.75) is 25.5 Å². The Kier molecular flexibility index (Phi) is 5.36. The standard InChI is InChI=1S/C12H19FN2OS/c1-9(11-5-4-10(13)6-14-11)15-7-12(2,16)8-17-3/h4-6,9,15-16H,7-8H2,1-3H3. The van der Waals surface area contributed by atoms with Gasteiger partial charge in [0.1, 0.15) is 5.82 Å². The molecule has 1 aromatic rings. The molecular formula is C12H19FN2OS. The average molecular weight is 258 g/mol. The summed E-state index contributed by atoms with van der Waals surface area (Å²) in [5.74, 6) is 0.333. The molecule has 0 fully saturated rings. The maximum Gasteiger partial charge on any atom is 0.141 e. The fraction of sp³-hybridized carbons (Fsp3) is 0.583. The van der Waals surface area contributed by atoms with E-state index in [1.807, 2.05) is 13.2 Å². The second kappa shape index (κ2) is 6.33. The molecule has 0 aliphatic rings. The number of halogens is 1. The van der Waals surface area contributed by atoms with E-state index in [4.69, 9.17) is 0 Å². The maximum absolute atomic E-state index is 12.7.